The molecular weight excluding hydrogens is 452 g/mol. The van der Waals surface area contributed by atoms with Crippen molar-refractivity contribution in [1.82, 2.24) is 10.2 Å². The van der Waals surface area contributed by atoms with E-state index in [2.05, 4.69) is 24.4 Å². The Bertz CT molecular complexity index is 1100. The van der Waals surface area contributed by atoms with E-state index in [1.807, 2.05) is 80.6 Å². The predicted octanol–water partition coefficient (Wildman–Crippen LogP) is 5.70. The molecule has 3 aromatic carbocycles. The number of hydrogen-bond donors (Lipinski definition) is 1. The molecule has 0 aliphatic rings. The quantitative estimate of drug-likeness (QED) is 0.356. The second kappa shape index (κ2) is 13.7. The van der Waals surface area contributed by atoms with Gasteiger partial charge in [0.2, 0.25) is 11.8 Å². The highest BCUT2D eigenvalue weighted by Gasteiger charge is 2.30. The Labute approximate surface area is 214 Å². The van der Waals surface area contributed by atoms with Gasteiger partial charge in [0.15, 0.2) is 0 Å². The maximum absolute atomic E-state index is 13.7. The number of benzene rings is 3. The van der Waals surface area contributed by atoms with E-state index in [9.17, 15) is 9.59 Å². The molecule has 0 aromatic heterocycles. The van der Waals surface area contributed by atoms with Crippen LogP contribution >= 0.6 is 11.8 Å². The van der Waals surface area contributed by atoms with Crippen LogP contribution in [0, 0.1) is 13.8 Å². The van der Waals surface area contributed by atoms with Gasteiger partial charge < -0.3 is 10.2 Å². The highest BCUT2D eigenvalue weighted by Crippen LogP contribution is 2.21. The molecule has 0 fully saturated rings. The van der Waals surface area contributed by atoms with Gasteiger partial charge in [-0.2, -0.15) is 0 Å². The summed E-state index contributed by atoms with van der Waals surface area (Å²) in [4.78, 5) is 28.8. The summed E-state index contributed by atoms with van der Waals surface area (Å²) in [5.74, 6) is 0.982. The van der Waals surface area contributed by atoms with E-state index in [1.165, 1.54) is 11.1 Å². The number of rotatable bonds is 12. The van der Waals surface area contributed by atoms with E-state index >= 15 is 0 Å². The van der Waals surface area contributed by atoms with E-state index in [0.717, 1.165) is 28.9 Å². The van der Waals surface area contributed by atoms with Crippen LogP contribution in [0.1, 0.15) is 41.2 Å². The lowest BCUT2D eigenvalue weighted by molar-refractivity contribution is -0.139. The van der Waals surface area contributed by atoms with E-state index in [4.69, 9.17) is 0 Å². The zero-order valence-electron chi connectivity index (χ0n) is 21.0. The first kappa shape index (κ1) is 26.6. The molecular formula is C30H36N2O2S. The van der Waals surface area contributed by atoms with Crippen LogP contribution in [0.25, 0.3) is 0 Å². The number of thioether (sulfide) groups is 1. The van der Waals surface area contributed by atoms with Crippen LogP contribution in [0.2, 0.25) is 0 Å². The Balaban J connectivity index is 1.85. The fourth-order valence-electron chi connectivity index (χ4n) is 3.99. The summed E-state index contributed by atoms with van der Waals surface area (Å²) >= 11 is 1.60. The summed E-state index contributed by atoms with van der Waals surface area (Å²) in [6.07, 6.45) is 1.33. The molecule has 0 aliphatic heterocycles. The molecule has 0 radical (unpaired) electrons. The monoisotopic (exact) mass is 488 g/mol. The number of nitrogens with zero attached hydrogens (tertiary/aromatic N) is 1. The van der Waals surface area contributed by atoms with Crippen molar-refractivity contribution in [3.05, 3.63) is 107 Å². The van der Waals surface area contributed by atoms with Crippen LogP contribution < -0.4 is 5.32 Å². The molecule has 4 nitrogen and oxygen atoms in total. The zero-order chi connectivity index (χ0) is 25.0. The van der Waals surface area contributed by atoms with Crippen LogP contribution in [0.4, 0.5) is 0 Å². The van der Waals surface area contributed by atoms with E-state index < -0.39 is 6.04 Å². The largest absolute Gasteiger partial charge is 0.354 e. The van der Waals surface area contributed by atoms with Crippen LogP contribution in [0.3, 0.4) is 0 Å². The van der Waals surface area contributed by atoms with Crippen LogP contribution in [-0.2, 0) is 28.3 Å². The van der Waals surface area contributed by atoms with Gasteiger partial charge in [-0.1, -0.05) is 85.8 Å². The average molecular weight is 489 g/mol. The number of carbonyl (C=O) groups is 2. The van der Waals surface area contributed by atoms with Crippen molar-refractivity contribution >= 4 is 23.6 Å². The number of hydrogen-bond acceptors (Lipinski definition) is 3. The zero-order valence-corrected chi connectivity index (χ0v) is 21.8. The van der Waals surface area contributed by atoms with Crippen LogP contribution in [0.5, 0.6) is 0 Å². The van der Waals surface area contributed by atoms with Crippen molar-refractivity contribution in [2.75, 3.05) is 12.3 Å². The Morgan fingerprint density at radius 2 is 1.46 bits per heavy atom. The summed E-state index contributed by atoms with van der Waals surface area (Å²) < 4.78 is 0. The molecule has 1 N–H and O–H groups in total. The van der Waals surface area contributed by atoms with Gasteiger partial charge in [0.1, 0.15) is 6.04 Å². The highest BCUT2D eigenvalue weighted by molar-refractivity contribution is 7.99. The number of nitrogens with one attached hydrogen (secondary N) is 1. The SMILES string of the molecule is CCCNC(=O)[C@@H](Cc1ccccc1)N(Cc1ccccc1C)C(=O)CSCc1ccccc1C. The Hall–Kier alpha value is -3.05. The Kier molecular flexibility index (Phi) is 10.4. The van der Waals surface area contributed by atoms with E-state index in [-0.39, 0.29) is 11.8 Å². The normalized spacial score (nSPS) is 11.6. The van der Waals surface area contributed by atoms with Crippen molar-refractivity contribution in [1.29, 1.82) is 0 Å². The lowest BCUT2D eigenvalue weighted by Gasteiger charge is -2.32. The van der Waals surface area contributed by atoms with Crippen molar-refractivity contribution in [3.63, 3.8) is 0 Å². The second-order valence-electron chi connectivity index (χ2n) is 8.86. The molecule has 0 saturated carbocycles. The van der Waals surface area contributed by atoms with Gasteiger partial charge in [0.05, 0.1) is 5.75 Å². The Morgan fingerprint density at radius 3 is 2.09 bits per heavy atom. The fourth-order valence-corrected chi connectivity index (χ4v) is 4.98. The average Bonchev–Trinajstić information content (AvgIpc) is 2.87. The first-order valence-corrected chi connectivity index (χ1v) is 13.4. The lowest BCUT2D eigenvalue weighted by Crippen LogP contribution is -2.51. The molecule has 2 amide bonds. The first-order valence-electron chi connectivity index (χ1n) is 12.3. The minimum Gasteiger partial charge on any atom is -0.354 e. The second-order valence-corrected chi connectivity index (χ2v) is 9.85. The predicted molar refractivity (Wildman–Crippen MR) is 146 cm³/mol. The summed E-state index contributed by atoms with van der Waals surface area (Å²) in [6.45, 7) is 7.18. The molecule has 1 atom stereocenters. The molecule has 0 aliphatic carbocycles. The number of amides is 2. The standard InChI is InChI=1S/C30H36N2O2S/c1-4-18-31-30(34)28(19-25-14-6-5-7-15-25)32(20-26-16-10-8-12-23(26)2)29(33)22-35-21-27-17-11-9-13-24(27)3/h5-17,28H,4,18-22H2,1-3H3,(H,31,34)/t28-/m1/s1. The van der Waals surface area contributed by atoms with Crippen LogP contribution in [-0.4, -0.2) is 35.1 Å². The maximum atomic E-state index is 13.7. The molecule has 35 heavy (non-hydrogen) atoms. The fraction of sp³-hybridized carbons (Fsp3) is 0.333. The van der Waals surface area contributed by atoms with Gasteiger partial charge in [-0.25, -0.2) is 0 Å². The minimum absolute atomic E-state index is 0.0144. The van der Waals surface area contributed by atoms with Gasteiger partial charge in [-0.3, -0.25) is 9.59 Å². The van der Waals surface area contributed by atoms with Gasteiger partial charge in [0.25, 0.3) is 0 Å². The molecule has 0 heterocycles. The third-order valence-electron chi connectivity index (χ3n) is 6.17. The van der Waals surface area contributed by atoms with Crippen LogP contribution in [0.15, 0.2) is 78.9 Å². The van der Waals surface area contributed by atoms with Gasteiger partial charge in [-0.15, -0.1) is 11.8 Å². The highest BCUT2D eigenvalue weighted by atomic mass is 32.2. The topological polar surface area (TPSA) is 49.4 Å². The number of carbonyl (C=O) groups excluding carboxylic acids is 2. The first-order chi connectivity index (χ1) is 17.0. The molecule has 0 unspecified atom stereocenters. The molecule has 3 aromatic rings. The number of aryl methyl sites for hydroxylation is 2. The van der Waals surface area contributed by atoms with Crippen molar-refractivity contribution in [2.45, 2.75) is 52.0 Å². The van der Waals surface area contributed by atoms with Crippen molar-refractivity contribution < 1.29 is 9.59 Å². The smallest absolute Gasteiger partial charge is 0.243 e. The summed E-state index contributed by atoms with van der Waals surface area (Å²) in [6, 6.07) is 25.7. The molecule has 3 rings (SSSR count). The lowest BCUT2D eigenvalue weighted by atomic mass is 10.0. The van der Waals surface area contributed by atoms with Crippen molar-refractivity contribution in [3.8, 4) is 0 Å². The summed E-state index contributed by atoms with van der Waals surface area (Å²) in [5.41, 5.74) is 5.68. The van der Waals surface area contributed by atoms with E-state index in [0.29, 0.717) is 25.3 Å². The summed E-state index contributed by atoms with van der Waals surface area (Å²) in [7, 11) is 0. The van der Waals surface area contributed by atoms with Crippen molar-refractivity contribution in [2.24, 2.45) is 0 Å². The molecule has 184 valence electrons. The van der Waals surface area contributed by atoms with Gasteiger partial charge >= 0.3 is 0 Å². The molecule has 0 saturated heterocycles. The third-order valence-corrected chi connectivity index (χ3v) is 7.13. The third kappa shape index (κ3) is 8.00. The Morgan fingerprint density at radius 1 is 0.857 bits per heavy atom. The molecule has 0 spiro atoms. The van der Waals surface area contributed by atoms with Gasteiger partial charge in [-0.05, 0) is 48.1 Å². The summed E-state index contributed by atoms with van der Waals surface area (Å²) in [5, 5.41) is 3.04. The van der Waals surface area contributed by atoms with Gasteiger partial charge in [0, 0.05) is 25.3 Å². The van der Waals surface area contributed by atoms with E-state index in [1.54, 1.807) is 16.7 Å². The minimum atomic E-state index is -0.574. The molecule has 5 heteroatoms. The molecule has 0 bridgehead atoms. The maximum Gasteiger partial charge on any atom is 0.243 e.